The molecule has 98 valence electrons. The molecule has 1 unspecified atom stereocenters. The number of imidazole rings is 1. The fraction of sp³-hybridized carbons (Fsp3) is 0.500. The van der Waals surface area contributed by atoms with Crippen molar-refractivity contribution in [2.24, 2.45) is 5.73 Å². The highest BCUT2D eigenvalue weighted by molar-refractivity contribution is 6.35. The maximum Gasteiger partial charge on any atom is 0.114 e. The summed E-state index contributed by atoms with van der Waals surface area (Å²) in [6.07, 6.45) is 2.06. The lowest BCUT2D eigenvalue weighted by molar-refractivity contribution is 0.568. The Bertz CT molecular complexity index is 529. The Kier molecular flexibility index (Phi) is 4.25. The number of rotatable bonds is 5. The molecular weight excluding hydrogens is 246 g/mol. The molecule has 4 heteroatoms. The topological polar surface area (TPSA) is 43.8 Å². The Morgan fingerprint density at radius 3 is 2.78 bits per heavy atom. The lowest BCUT2D eigenvalue weighted by atomic mass is 10.1. The van der Waals surface area contributed by atoms with Crippen LogP contribution in [0.15, 0.2) is 18.2 Å². The third-order valence-corrected chi connectivity index (χ3v) is 3.64. The molecule has 0 spiro atoms. The zero-order valence-corrected chi connectivity index (χ0v) is 11.7. The summed E-state index contributed by atoms with van der Waals surface area (Å²) in [5, 5.41) is 0.770. The van der Waals surface area contributed by atoms with Gasteiger partial charge < -0.3 is 10.3 Å². The lowest BCUT2D eigenvalue weighted by Crippen LogP contribution is -2.17. The standard InChI is InChI=1S/C14H20ClN3/c1-3-8-18-13-11(15)6-5-7-12(13)17-14(18)10(4-2)9-16/h5-7,10H,3-4,8-9,16H2,1-2H3. The maximum absolute atomic E-state index is 6.31. The van der Waals surface area contributed by atoms with Gasteiger partial charge in [0.1, 0.15) is 5.82 Å². The van der Waals surface area contributed by atoms with E-state index in [1.807, 2.05) is 18.2 Å². The monoisotopic (exact) mass is 265 g/mol. The number of hydrogen-bond donors (Lipinski definition) is 1. The molecule has 1 aromatic carbocycles. The lowest BCUT2D eigenvalue weighted by Gasteiger charge is -2.15. The Morgan fingerprint density at radius 2 is 2.17 bits per heavy atom. The molecule has 0 aliphatic heterocycles. The van der Waals surface area contributed by atoms with Gasteiger partial charge in [-0.25, -0.2) is 4.98 Å². The van der Waals surface area contributed by atoms with Crippen LogP contribution in [0.25, 0.3) is 11.0 Å². The zero-order chi connectivity index (χ0) is 13.1. The number of para-hydroxylation sites is 1. The van der Waals surface area contributed by atoms with Gasteiger partial charge in [0.25, 0.3) is 0 Å². The molecule has 0 fully saturated rings. The van der Waals surface area contributed by atoms with Crippen LogP contribution in [0, 0.1) is 0 Å². The van der Waals surface area contributed by atoms with E-state index in [0.29, 0.717) is 12.5 Å². The van der Waals surface area contributed by atoms with E-state index in [2.05, 4.69) is 18.4 Å². The molecule has 0 saturated heterocycles. The predicted octanol–water partition coefficient (Wildman–Crippen LogP) is 3.55. The molecule has 0 aliphatic carbocycles. The minimum atomic E-state index is 0.306. The van der Waals surface area contributed by atoms with Gasteiger partial charge in [-0.2, -0.15) is 0 Å². The van der Waals surface area contributed by atoms with Crippen LogP contribution in [0.3, 0.4) is 0 Å². The van der Waals surface area contributed by atoms with Gasteiger partial charge in [-0.15, -0.1) is 0 Å². The maximum atomic E-state index is 6.31. The summed E-state index contributed by atoms with van der Waals surface area (Å²) in [5.41, 5.74) is 7.87. The van der Waals surface area contributed by atoms with Crippen LogP contribution < -0.4 is 5.73 Å². The third-order valence-electron chi connectivity index (χ3n) is 3.34. The van der Waals surface area contributed by atoms with E-state index in [1.54, 1.807) is 0 Å². The largest absolute Gasteiger partial charge is 0.330 e. The minimum absolute atomic E-state index is 0.306. The molecule has 3 nitrogen and oxygen atoms in total. The molecule has 0 bridgehead atoms. The van der Waals surface area contributed by atoms with Crippen molar-refractivity contribution < 1.29 is 0 Å². The molecule has 1 atom stereocenters. The van der Waals surface area contributed by atoms with Crippen molar-refractivity contribution in [3.8, 4) is 0 Å². The first-order valence-corrected chi connectivity index (χ1v) is 6.95. The second kappa shape index (κ2) is 5.72. The van der Waals surface area contributed by atoms with Crippen LogP contribution in [0.1, 0.15) is 38.4 Å². The summed E-state index contributed by atoms with van der Waals surface area (Å²) in [4.78, 5) is 4.73. The number of nitrogens with two attached hydrogens (primary N) is 1. The second-order valence-corrected chi connectivity index (χ2v) is 4.98. The van der Waals surface area contributed by atoms with Crippen molar-refractivity contribution in [3.05, 3.63) is 29.0 Å². The summed E-state index contributed by atoms with van der Waals surface area (Å²) in [6.45, 7) is 5.87. The Hall–Kier alpha value is -1.06. The SMILES string of the molecule is CCCn1c(C(CC)CN)nc2cccc(Cl)c21. The molecule has 18 heavy (non-hydrogen) atoms. The van der Waals surface area contributed by atoms with Gasteiger partial charge in [0.15, 0.2) is 0 Å². The number of hydrogen-bond acceptors (Lipinski definition) is 2. The molecule has 1 aromatic heterocycles. The first-order valence-electron chi connectivity index (χ1n) is 6.57. The quantitative estimate of drug-likeness (QED) is 0.898. The van der Waals surface area contributed by atoms with Crippen molar-refractivity contribution in [1.82, 2.24) is 9.55 Å². The summed E-state index contributed by atoms with van der Waals surface area (Å²) >= 11 is 6.31. The van der Waals surface area contributed by atoms with Crippen molar-refractivity contribution >= 4 is 22.6 Å². The van der Waals surface area contributed by atoms with Crippen LogP contribution in [-0.4, -0.2) is 16.1 Å². The Labute approximate surface area is 113 Å². The third kappa shape index (κ3) is 2.25. The normalized spacial score (nSPS) is 13.1. The van der Waals surface area contributed by atoms with E-state index in [-0.39, 0.29) is 0 Å². The van der Waals surface area contributed by atoms with Crippen LogP contribution in [0.5, 0.6) is 0 Å². The summed E-state index contributed by atoms with van der Waals surface area (Å²) in [6, 6.07) is 5.88. The summed E-state index contributed by atoms with van der Waals surface area (Å²) in [7, 11) is 0. The van der Waals surface area contributed by atoms with E-state index < -0.39 is 0 Å². The number of aromatic nitrogens is 2. The average Bonchev–Trinajstić information content (AvgIpc) is 2.72. The first kappa shape index (κ1) is 13.4. The Morgan fingerprint density at radius 1 is 1.39 bits per heavy atom. The molecule has 0 radical (unpaired) electrons. The molecule has 2 aromatic rings. The van der Waals surface area contributed by atoms with Crippen LogP contribution in [0.2, 0.25) is 5.02 Å². The molecule has 2 rings (SSSR count). The number of aryl methyl sites for hydroxylation is 1. The fourth-order valence-electron chi connectivity index (χ4n) is 2.38. The zero-order valence-electron chi connectivity index (χ0n) is 11.0. The molecule has 1 heterocycles. The molecule has 0 amide bonds. The number of halogens is 1. The molecular formula is C14H20ClN3. The predicted molar refractivity (Wildman–Crippen MR) is 77.1 cm³/mol. The van der Waals surface area contributed by atoms with E-state index in [0.717, 1.165) is 41.3 Å². The number of nitrogens with zero attached hydrogens (tertiary/aromatic N) is 2. The summed E-state index contributed by atoms with van der Waals surface area (Å²) < 4.78 is 2.23. The molecule has 0 saturated carbocycles. The van der Waals surface area contributed by atoms with Crippen molar-refractivity contribution in [2.75, 3.05) is 6.54 Å². The van der Waals surface area contributed by atoms with Gasteiger partial charge >= 0.3 is 0 Å². The van der Waals surface area contributed by atoms with Gasteiger partial charge in [-0.3, -0.25) is 0 Å². The van der Waals surface area contributed by atoms with Crippen molar-refractivity contribution in [3.63, 3.8) is 0 Å². The highest BCUT2D eigenvalue weighted by atomic mass is 35.5. The molecule has 0 aliphatic rings. The smallest absolute Gasteiger partial charge is 0.114 e. The summed E-state index contributed by atoms with van der Waals surface area (Å²) in [5.74, 6) is 1.38. The van der Waals surface area contributed by atoms with Gasteiger partial charge in [0, 0.05) is 19.0 Å². The van der Waals surface area contributed by atoms with Crippen LogP contribution in [-0.2, 0) is 6.54 Å². The minimum Gasteiger partial charge on any atom is -0.330 e. The van der Waals surface area contributed by atoms with E-state index in [9.17, 15) is 0 Å². The number of benzene rings is 1. The molecule has 2 N–H and O–H groups in total. The van der Waals surface area contributed by atoms with Gasteiger partial charge in [-0.05, 0) is 25.0 Å². The van der Waals surface area contributed by atoms with Crippen LogP contribution >= 0.6 is 11.6 Å². The van der Waals surface area contributed by atoms with E-state index in [4.69, 9.17) is 22.3 Å². The second-order valence-electron chi connectivity index (χ2n) is 4.57. The van der Waals surface area contributed by atoms with E-state index >= 15 is 0 Å². The van der Waals surface area contributed by atoms with Crippen LogP contribution in [0.4, 0.5) is 0 Å². The van der Waals surface area contributed by atoms with Gasteiger partial charge in [0.05, 0.1) is 16.1 Å². The highest BCUT2D eigenvalue weighted by Gasteiger charge is 2.18. The first-order chi connectivity index (χ1) is 8.72. The average molecular weight is 266 g/mol. The highest BCUT2D eigenvalue weighted by Crippen LogP contribution is 2.28. The van der Waals surface area contributed by atoms with E-state index in [1.165, 1.54) is 0 Å². The Balaban J connectivity index is 2.65. The van der Waals surface area contributed by atoms with Crippen molar-refractivity contribution in [1.29, 1.82) is 0 Å². The number of fused-ring (bicyclic) bond motifs is 1. The van der Waals surface area contributed by atoms with Gasteiger partial charge in [0.2, 0.25) is 0 Å². The van der Waals surface area contributed by atoms with Crippen molar-refractivity contribution in [2.45, 2.75) is 39.2 Å². The fourth-order valence-corrected chi connectivity index (χ4v) is 2.65. The van der Waals surface area contributed by atoms with Gasteiger partial charge in [-0.1, -0.05) is 31.5 Å².